The van der Waals surface area contributed by atoms with E-state index in [0.717, 1.165) is 72.2 Å². The highest BCUT2D eigenvalue weighted by Gasteiger charge is 2.23. The van der Waals surface area contributed by atoms with Crippen LogP contribution in [0, 0.1) is 0 Å². The van der Waals surface area contributed by atoms with Crippen LogP contribution in [0.2, 0.25) is 0 Å². The molecule has 0 aliphatic heterocycles. The van der Waals surface area contributed by atoms with Gasteiger partial charge in [-0.15, -0.1) is 34.0 Å². The lowest BCUT2D eigenvalue weighted by molar-refractivity contribution is 0.669. The standard InChI is InChI=1S/C45H26N4OS.C45H26N4S2/c1-3-11-27(12-4-1)43-46-44(28-13-5-2-6-14-28)48-45(47-43)29-19-21-32-35-26-30(20-24-39(35)51-40(32)25-29)49-36-17-9-7-15-31(36)33-22-23-38-41(42(33)49)34-16-8-10-18-37(34)50-38;1-3-11-27(12-4-1)43-46-44(28-13-5-2-6-14-28)48-45(47-43)29-19-21-32-35-26-30(20-23-38(35)51-40(32)25-29)49-36-17-9-7-15-31(36)33-22-24-39-41(42(33)49)34-16-8-10-18-37(34)50-39/h2*1-26H. The maximum atomic E-state index is 6.35. The minimum atomic E-state index is 0.657. The molecule has 14 aromatic carbocycles. The van der Waals surface area contributed by atoms with E-state index >= 15 is 0 Å². The Morgan fingerprint density at radius 1 is 0.216 bits per heavy atom. The first-order valence-electron chi connectivity index (χ1n) is 33.9. The number of nitrogens with zero attached hydrogens (tertiary/aromatic N) is 8. The highest BCUT2D eigenvalue weighted by Crippen LogP contribution is 2.47. The molecule has 0 atom stereocenters. The summed E-state index contributed by atoms with van der Waals surface area (Å²) in [6.45, 7) is 0. The second-order valence-electron chi connectivity index (χ2n) is 25.6. The van der Waals surface area contributed by atoms with Crippen molar-refractivity contribution in [3.8, 4) is 79.7 Å². The molecule has 0 spiro atoms. The van der Waals surface area contributed by atoms with Crippen molar-refractivity contribution in [3.05, 3.63) is 315 Å². The SMILES string of the molecule is c1ccc(-c2nc(-c3ccccc3)nc(-c3ccc4c(c3)sc3ccc(-n5c6ccccc6c6ccc7oc8ccccc8c7c65)cc34)n2)cc1.c1ccc(-c2nc(-c3ccccc3)nc(-c3ccc4c(c3)sc3ccc(-n5c6ccccc6c6ccc7sc8ccccc8c7c65)cc34)n2)cc1. The van der Waals surface area contributed by atoms with Crippen LogP contribution in [-0.2, 0) is 0 Å². The molecule has 0 saturated heterocycles. The number of benzene rings is 14. The van der Waals surface area contributed by atoms with E-state index in [4.69, 9.17) is 34.3 Å². The Kier molecular flexibility index (Phi) is 13.3. The second-order valence-corrected chi connectivity index (χ2v) is 28.9. The van der Waals surface area contributed by atoms with Gasteiger partial charge < -0.3 is 13.6 Å². The van der Waals surface area contributed by atoms with Gasteiger partial charge in [-0.1, -0.05) is 224 Å². The third kappa shape index (κ3) is 9.49. The summed E-state index contributed by atoms with van der Waals surface area (Å²) in [5.74, 6) is 3.97. The zero-order chi connectivity index (χ0) is 66.9. The largest absolute Gasteiger partial charge is 0.456 e. The van der Waals surface area contributed by atoms with Crippen LogP contribution in [0.25, 0.3) is 206 Å². The maximum absolute atomic E-state index is 6.35. The molecule has 102 heavy (non-hydrogen) atoms. The zero-order valence-corrected chi connectivity index (χ0v) is 56.7. The molecule has 0 fully saturated rings. The molecule has 9 nitrogen and oxygen atoms in total. The zero-order valence-electron chi connectivity index (χ0n) is 54.2. The lowest BCUT2D eigenvalue weighted by Crippen LogP contribution is -1.99. The molecule has 8 heterocycles. The molecule has 476 valence electrons. The van der Waals surface area contributed by atoms with Gasteiger partial charge in [-0.05, 0) is 91.0 Å². The van der Waals surface area contributed by atoms with Crippen LogP contribution in [-0.4, -0.2) is 39.0 Å². The first-order valence-corrected chi connectivity index (χ1v) is 36.3. The Bertz CT molecular complexity index is 6590. The van der Waals surface area contributed by atoms with E-state index < -0.39 is 0 Å². The van der Waals surface area contributed by atoms with Gasteiger partial charge in [0.25, 0.3) is 0 Å². The van der Waals surface area contributed by atoms with Crippen molar-refractivity contribution in [1.82, 2.24) is 39.0 Å². The van der Waals surface area contributed by atoms with Crippen LogP contribution in [0.5, 0.6) is 0 Å². The molecular formula is C90H52N8OS3. The predicted octanol–water partition coefficient (Wildman–Crippen LogP) is 24.9. The molecule has 0 unspecified atom stereocenters. The molecule has 0 radical (unpaired) electrons. The fourth-order valence-electron chi connectivity index (χ4n) is 15.0. The van der Waals surface area contributed by atoms with Gasteiger partial charge in [0, 0.05) is 132 Å². The number of thiophene rings is 3. The van der Waals surface area contributed by atoms with E-state index in [2.05, 4.69) is 191 Å². The van der Waals surface area contributed by atoms with Gasteiger partial charge in [0.2, 0.25) is 0 Å². The van der Waals surface area contributed by atoms with Gasteiger partial charge in [-0.3, -0.25) is 0 Å². The molecule has 0 bridgehead atoms. The van der Waals surface area contributed by atoms with Crippen LogP contribution >= 0.6 is 34.0 Å². The van der Waals surface area contributed by atoms with E-state index in [-0.39, 0.29) is 0 Å². The minimum Gasteiger partial charge on any atom is -0.456 e. The van der Waals surface area contributed by atoms with Crippen molar-refractivity contribution in [2.75, 3.05) is 0 Å². The summed E-state index contributed by atoms with van der Waals surface area (Å²) in [6.07, 6.45) is 0. The molecule has 0 aliphatic rings. The third-order valence-electron chi connectivity index (χ3n) is 19.7. The topological polar surface area (TPSA) is 100 Å². The number of hydrogen-bond donors (Lipinski definition) is 0. The summed E-state index contributed by atoms with van der Waals surface area (Å²) in [6, 6.07) is 111. The Labute approximate surface area is 594 Å². The number of aromatic nitrogens is 8. The summed E-state index contributed by atoms with van der Waals surface area (Å²) in [7, 11) is 0. The minimum absolute atomic E-state index is 0.657. The van der Waals surface area contributed by atoms with Gasteiger partial charge >= 0.3 is 0 Å². The number of furan rings is 1. The van der Waals surface area contributed by atoms with Crippen molar-refractivity contribution in [2.45, 2.75) is 0 Å². The van der Waals surface area contributed by atoms with Gasteiger partial charge in [0.1, 0.15) is 11.2 Å². The van der Waals surface area contributed by atoms with Crippen LogP contribution < -0.4 is 0 Å². The molecule has 0 N–H and O–H groups in total. The molecule has 0 saturated carbocycles. The van der Waals surface area contributed by atoms with E-state index in [1.54, 1.807) is 11.3 Å². The highest BCUT2D eigenvalue weighted by molar-refractivity contribution is 7.26. The predicted molar refractivity (Wildman–Crippen MR) is 427 cm³/mol. The third-order valence-corrected chi connectivity index (χ3v) is 23.1. The number of para-hydroxylation sites is 3. The van der Waals surface area contributed by atoms with Crippen LogP contribution in [0.15, 0.2) is 320 Å². The maximum Gasteiger partial charge on any atom is 0.164 e. The van der Waals surface area contributed by atoms with Crippen LogP contribution in [0.4, 0.5) is 0 Å². The molecule has 22 aromatic rings. The van der Waals surface area contributed by atoms with E-state index in [9.17, 15) is 0 Å². The normalized spacial score (nSPS) is 11.9. The van der Waals surface area contributed by atoms with Crippen molar-refractivity contribution in [1.29, 1.82) is 0 Å². The summed E-state index contributed by atoms with van der Waals surface area (Å²) in [5, 5.41) is 14.8. The van der Waals surface area contributed by atoms with Crippen LogP contribution in [0.3, 0.4) is 0 Å². The first-order chi connectivity index (χ1) is 50.5. The highest BCUT2D eigenvalue weighted by atomic mass is 32.1. The quantitative estimate of drug-likeness (QED) is 0.149. The number of rotatable bonds is 8. The lowest BCUT2D eigenvalue weighted by Gasteiger charge is -2.10. The second kappa shape index (κ2) is 23.4. The van der Waals surface area contributed by atoms with Crippen LogP contribution in [0.1, 0.15) is 0 Å². The summed E-state index contributed by atoms with van der Waals surface area (Å²) in [4.78, 5) is 29.7. The Morgan fingerprint density at radius 3 is 1.07 bits per heavy atom. The molecule has 8 aromatic heterocycles. The molecule has 12 heteroatoms. The Hall–Kier alpha value is -12.8. The fraction of sp³-hybridized carbons (Fsp3) is 0. The summed E-state index contributed by atoms with van der Waals surface area (Å²) >= 11 is 5.48. The van der Waals surface area contributed by atoms with Crippen molar-refractivity contribution in [2.24, 2.45) is 0 Å². The van der Waals surface area contributed by atoms with Crippen molar-refractivity contribution < 1.29 is 4.42 Å². The van der Waals surface area contributed by atoms with Gasteiger partial charge in [0.15, 0.2) is 34.9 Å². The Balaban J connectivity index is 0.000000133. The summed E-state index contributed by atoms with van der Waals surface area (Å²) < 4.78 is 18.7. The van der Waals surface area contributed by atoms with Gasteiger partial charge in [0.05, 0.1) is 27.5 Å². The Morgan fingerprint density at radius 2 is 0.578 bits per heavy atom. The monoisotopic (exact) mass is 1360 g/mol. The van der Waals surface area contributed by atoms with E-state index in [0.29, 0.717) is 34.9 Å². The van der Waals surface area contributed by atoms with E-state index in [1.165, 1.54) is 98.6 Å². The lowest BCUT2D eigenvalue weighted by atomic mass is 10.1. The molecule has 0 aliphatic carbocycles. The van der Waals surface area contributed by atoms with Gasteiger partial charge in [-0.25, -0.2) is 29.9 Å². The molecule has 0 amide bonds. The van der Waals surface area contributed by atoms with Crippen molar-refractivity contribution in [3.63, 3.8) is 0 Å². The molecular weight excluding hydrogens is 1310 g/mol. The first kappa shape index (κ1) is 58.2. The van der Waals surface area contributed by atoms with Gasteiger partial charge in [-0.2, -0.15) is 0 Å². The molecule has 22 rings (SSSR count). The van der Waals surface area contributed by atoms with E-state index in [1.807, 2.05) is 156 Å². The number of hydrogen-bond acceptors (Lipinski definition) is 10. The average molecular weight is 1360 g/mol. The smallest absolute Gasteiger partial charge is 0.164 e. The number of fused-ring (bicyclic) bond motifs is 20. The summed E-state index contributed by atoms with van der Waals surface area (Å²) in [5.41, 5.74) is 14.7. The average Bonchev–Trinajstić information content (AvgIpc) is 1.56. The fourth-order valence-corrected chi connectivity index (χ4v) is 18.4. The van der Waals surface area contributed by atoms with Crippen molar-refractivity contribution >= 4 is 160 Å².